The first-order valence-corrected chi connectivity index (χ1v) is 15.8. The lowest BCUT2D eigenvalue weighted by molar-refractivity contribution is -0.432. The van der Waals surface area contributed by atoms with E-state index >= 15 is 0 Å². The lowest BCUT2D eigenvalue weighted by Gasteiger charge is -2.45. The maximum Gasteiger partial charge on any atom is 0.269 e. The number of benzene rings is 1. The minimum Gasteiger partial charge on any atom is -0.363 e. The number of hydrogen-bond donors (Lipinski definition) is 2. The lowest BCUT2D eigenvalue weighted by atomic mass is 9.66. The third-order valence-electron chi connectivity index (χ3n) is 7.75. The molecular formula is C30H39NO6S2. The Kier molecular flexibility index (Phi) is 8.44. The molecule has 2 N–H and O–H groups in total. The number of hydrogen-bond acceptors (Lipinski definition) is 7. The Bertz CT molecular complexity index is 1410. The lowest BCUT2D eigenvalue weighted by Crippen LogP contribution is -2.45. The highest BCUT2D eigenvalue weighted by Gasteiger charge is 2.38. The van der Waals surface area contributed by atoms with Gasteiger partial charge in [-0.3, -0.25) is 4.55 Å². The fourth-order valence-corrected chi connectivity index (χ4v) is 7.35. The van der Waals surface area contributed by atoms with E-state index in [1.165, 1.54) is 11.1 Å². The van der Waals surface area contributed by atoms with Crippen LogP contribution in [0.5, 0.6) is 0 Å². The molecule has 1 aromatic rings. The molecule has 0 radical (unpaired) electrons. The summed E-state index contributed by atoms with van der Waals surface area (Å²) in [5.41, 5.74) is 9.06. The van der Waals surface area contributed by atoms with Crippen molar-refractivity contribution in [1.29, 1.82) is 0 Å². The van der Waals surface area contributed by atoms with E-state index in [0.717, 1.165) is 52.1 Å². The molecule has 1 heterocycles. The third-order valence-corrected chi connectivity index (χ3v) is 9.01. The molecule has 2 aliphatic carbocycles. The van der Waals surface area contributed by atoms with E-state index in [9.17, 15) is 13.0 Å². The maximum atomic E-state index is 11.8. The molecule has 1 aromatic carbocycles. The maximum absolute atomic E-state index is 11.8. The highest BCUT2D eigenvalue weighted by Crippen LogP contribution is 2.50. The predicted molar refractivity (Wildman–Crippen MR) is 160 cm³/mol. The van der Waals surface area contributed by atoms with E-state index < -0.39 is 15.9 Å². The Morgan fingerprint density at radius 3 is 2.54 bits per heavy atom. The van der Waals surface area contributed by atoms with Crippen LogP contribution in [0.15, 0.2) is 58.7 Å². The second kappa shape index (κ2) is 11.0. The molecule has 0 spiro atoms. The summed E-state index contributed by atoms with van der Waals surface area (Å²) >= 11 is 1.03. The van der Waals surface area contributed by atoms with Gasteiger partial charge in [0.2, 0.25) is 0 Å². The van der Waals surface area contributed by atoms with Crippen molar-refractivity contribution in [1.82, 2.24) is 0 Å². The van der Waals surface area contributed by atoms with Gasteiger partial charge in [-0.2, -0.15) is 8.42 Å². The third kappa shape index (κ3) is 6.14. The number of rotatable bonds is 9. The Labute approximate surface area is 236 Å². The van der Waals surface area contributed by atoms with Gasteiger partial charge in [0.25, 0.3) is 10.1 Å². The van der Waals surface area contributed by atoms with Crippen molar-refractivity contribution >= 4 is 39.5 Å². The smallest absolute Gasteiger partial charge is 0.269 e. The van der Waals surface area contributed by atoms with E-state index in [4.69, 9.17) is 9.59 Å². The minimum atomic E-state index is -4.16. The monoisotopic (exact) mass is 573 g/mol. The van der Waals surface area contributed by atoms with Crippen molar-refractivity contribution in [2.75, 3.05) is 23.0 Å². The topological polar surface area (TPSA) is 96.3 Å². The first kappa shape index (κ1) is 29.8. The van der Waals surface area contributed by atoms with E-state index in [1.54, 1.807) is 0 Å². The quantitative estimate of drug-likeness (QED) is 0.106. The molecule has 0 saturated heterocycles. The summed E-state index contributed by atoms with van der Waals surface area (Å²) in [5, 5.41) is 12.5. The summed E-state index contributed by atoms with van der Waals surface area (Å²) in [6.07, 6.45) is 11.2. The second-order valence-electron chi connectivity index (χ2n) is 11.8. The Hall–Kier alpha value is -2.14. The molecule has 9 heteroatoms. The fourth-order valence-electron chi connectivity index (χ4n) is 6.22. The molecule has 0 unspecified atom stereocenters. The normalized spacial score (nSPS) is 19.9. The molecule has 0 atom stereocenters. The number of fused-ring (bicyclic) bond motifs is 3. The SMILES string of the molecule is CCN1c2cc3c(cc2C(CSOOO)=CC1(C)C)C=C1C=C(/C(=C\C(C)C)CS(=O)(=O)O)CC=C1C3(C)C. The highest BCUT2D eigenvalue weighted by atomic mass is 32.2. The van der Waals surface area contributed by atoms with Crippen LogP contribution in [0, 0.1) is 5.92 Å². The average molecular weight is 574 g/mol. The molecule has 1 aliphatic heterocycles. The molecule has 0 bridgehead atoms. The van der Waals surface area contributed by atoms with Gasteiger partial charge in [0.1, 0.15) is 5.75 Å². The Morgan fingerprint density at radius 2 is 1.92 bits per heavy atom. The average Bonchev–Trinajstić information content (AvgIpc) is 2.81. The van der Waals surface area contributed by atoms with Gasteiger partial charge < -0.3 is 4.90 Å². The predicted octanol–water partition coefficient (Wildman–Crippen LogP) is 7.16. The van der Waals surface area contributed by atoms with Crippen LogP contribution in [0.1, 0.15) is 71.6 Å². The molecule has 0 aromatic heterocycles. The number of anilines is 1. The van der Waals surface area contributed by atoms with Crippen LogP contribution in [0.25, 0.3) is 11.6 Å². The second-order valence-corrected chi connectivity index (χ2v) is 13.9. The zero-order valence-corrected chi connectivity index (χ0v) is 25.4. The molecule has 3 aliphatic rings. The van der Waals surface area contributed by atoms with Crippen molar-refractivity contribution in [3.63, 3.8) is 0 Å². The fraction of sp³-hybridized carbons (Fsp3) is 0.467. The molecular weight excluding hydrogens is 534 g/mol. The summed E-state index contributed by atoms with van der Waals surface area (Å²) in [6, 6.07) is 4.54. The zero-order valence-electron chi connectivity index (χ0n) is 23.7. The summed E-state index contributed by atoms with van der Waals surface area (Å²) < 4.78 is 37.9. The first-order valence-electron chi connectivity index (χ1n) is 13.3. The van der Waals surface area contributed by atoms with Gasteiger partial charge in [0.15, 0.2) is 0 Å². The summed E-state index contributed by atoms with van der Waals surface area (Å²) in [4.78, 5) is 2.40. The van der Waals surface area contributed by atoms with E-state index in [-0.39, 0.29) is 16.9 Å². The van der Waals surface area contributed by atoms with Crippen LogP contribution < -0.4 is 4.90 Å². The van der Waals surface area contributed by atoms with Gasteiger partial charge in [-0.25, -0.2) is 5.26 Å². The van der Waals surface area contributed by atoms with Crippen molar-refractivity contribution in [2.45, 2.75) is 65.8 Å². The Balaban J connectivity index is 1.86. The first-order chi connectivity index (χ1) is 18.2. The molecule has 39 heavy (non-hydrogen) atoms. The number of likely N-dealkylation sites (N-methyl/N-ethyl adjacent to an activating group) is 1. The van der Waals surface area contributed by atoms with Gasteiger partial charge in [0, 0.05) is 41.0 Å². The van der Waals surface area contributed by atoms with E-state index in [2.05, 4.69) is 81.0 Å². The van der Waals surface area contributed by atoms with E-state index in [1.807, 2.05) is 19.9 Å². The summed E-state index contributed by atoms with van der Waals surface area (Å²) in [7, 11) is -4.16. The minimum absolute atomic E-state index is 0.145. The van der Waals surface area contributed by atoms with Gasteiger partial charge in [0.05, 0.1) is 5.54 Å². The largest absolute Gasteiger partial charge is 0.363 e. The van der Waals surface area contributed by atoms with Crippen LogP contribution in [0.3, 0.4) is 0 Å². The van der Waals surface area contributed by atoms with Crippen molar-refractivity contribution in [3.8, 4) is 0 Å². The van der Waals surface area contributed by atoms with Crippen molar-refractivity contribution in [2.24, 2.45) is 5.92 Å². The standard InChI is InChI=1S/C30H39NO6S2/c1-8-31-28-15-27-22(14-25(28)24(16-29(31,4)5)17-38-37-36-32)13-21-12-20(9-10-26(21)30(27,6)7)23(11-19(2)3)18-39(33,34)35/h10-16,19,32H,8-9,17-18H2,1-7H3,(H,33,34,35)/b23-11-. The highest BCUT2D eigenvalue weighted by molar-refractivity contribution is 7.95. The van der Waals surface area contributed by atoms with Crippen LogP contribution in [0.4, 0.5) is 5.69 Å². The van der Waals surface area contributed by atoms with Crippen LogP contribution in [-0.2, 0) is 24.9 Å². The summed E-state index contributed by atoms with van der Waals surface area (Å²) in [5.74, 6) is 0.252. The Morgan fingerprint density at radius 1 is 1.21 bits per heavy atom. The van der Waals surface area contributed by atoms with Crippen LogP contribution >= 0.6 is 12.0 Å². The molecule has 4 rings (SSSR count). The molecule has 0 fully saturated rings. The molecule has 0 saturated carbocycles. The molecule has 0 amide bonds. The number of allylic oxidation sites excluding steroid dienone is 6. The molecule has 7 nitrogen and oxygen atoms in total. The zero-order chi connectivity index (χ0) is 28.8. The van der Waals surface area contributed by atoms with Gasteiger partial charge in [-0.15, -0.1) is 4.33 Å². The van der Waals surface area contributed by atoms with Crippen molar-refractivity contribution in [3.05, 3.63) is 75.4 Å². The molecule has 212 valence electrons. The van der Waals surface area contributed by atoms with Gasteiger partial charge >= 0.3 is 0 Å². The summed E-state index contributed by atoms with van der Waals surface area (Å²) in [6.45, 7) is 15.9. The number of nitrogens with zero attached hydrogens (tertiary/aromatic N) is 1. The van der Waals surface area contributed by atoms with Gasteiger partial charge in [-0.05, 0) is 90.3 Å². The van der Waals surface area contributed by atoms with Crippen LogP contribution in [0.2, 0.25) is 0 Å². The van der Waals surface area contributed by atoms with Crippen LogP contribution in [-0.4, -0.2) is 41.8 Å². The van der Waals surface area contributed by atoms with Crippen molar-refractivity contribution < 1.29 is 27.6 Å². The van der Waals surface area contributed by atoms with E-state index in [0.29, 0.717) is 17.7 Å². The van der Waals surface area contributed by atoms with Gasteiger partial charge in [-0.1, -0.05) is 57.0 Å².